The summed E-state index contributed by atoms with van der Waals surface area (Å²) in [6.07, 6.45) is 2.08. The zero-order valence-electron chi connectivity index (χ0n) is 19.5. The highest BCUT2D eigenvalue weighted by molar-refractivity contribution is 7.99. The molecular weight excluding hydrogens is 444 g/mol. The number of anilines is 1. The third kappa shape index (κ3) is 4.61. The maximum atomic E-state index is 13.8. The Kier molecular flexibility index (Phi) is 6.44. The lowest BCUT2D eigenvalue weighted by Crippen LogP contribution is -2.33. The normalized spacial score (nSPS) is 17.2. The minimum atomic E-state index is -0.149. The number of carbonyl (C=O) groups is 2. The predicted octanol–water partition coefficient (Wildman–Crippen LogP) is 5.52. The highest BCUT2D eigenvalue weighted by atomic mass is 32.2. The van der Waals surface area contributed by atoms with Gasteiger partial charge in [0.25, 0.3) is 11.8 Å². The van der Waals surface area contributed by atoms with Crippen LogP contribution in [-0.2, 0) is 11.3 Å². The van der Waals surface area contributed by atoms with Crippen LogP contribution < -0.4 is 10.2 Å². The smallest absolute Gasteiger partial charge is 0.259 e. The molecule has 1 atom stereocenters. The number of nitrogens with one attached hydrogen (secondary N) is 1. The monoisotopic (exact) mass is 472 g/mol. The number of nitrogens with zero attached hydrogens (tertiary/aromatic N) is 1. The summed E-state index contributed by atoms with van der Waals surface area (Å²) >= 11 is 1.57. The number of hydrogen-bond acceptors (Lipinski definition) is 4. The molecule has 5 rings (SSSR count). The van der Waals surface area contributed by atoms with Crippen molar-refractivity contribution in [2.45, 2.75) is 49.1 Å². The van der Waals surface area contributed by atoms with Crippen molar-refractivity contribution in [2.75, 3.05) is 18.1 Å². The van der Waals surface area contributed by atoms with E-state index in [0.29, 0.717) is 24.2 Å². The summed E-state index contributed by atoms with van der Waals surface area (Å²) in [5.41, 5.74) is 5.37. The zero-order valence-corrected chi connectivity index (χ0v) is 20.3. The van der Waals surface area contributed by atoms with Crippen LogP contribution in [0, 0.1) is 13.8 Å². The van der Waals surface area contributed by atoms with Crippen molar-refractivity contribution in [1.82, 2.24) is 5.32 Å². The van der Waals surface area contributed by atoms with Crippen molar-refractivity contribution in [3.63, 3.8) is 0 Å². The summed E-state index contributed by atoms with van der Waals surface area (Å²) in [5, 5.41) is 3.00. The van der Waals surface area contributed by atoms with Gasteiger partial charge in [-0.2, -0.15) is 0 Å². The van der Waals surface area contributed by atoms with Gasteiger partial charge < -0.3 is 15.0 Å². The number of rotatable bonds is 5. The van der Waals surface area contributed by atoms with Gasteiger partial charge in [0.1, 0.15) is 0 Å². The van der Waals surface area contributed by atoms with E-state index in [0.717, 1.165) is 51.6 Å². The van der Waals surface area contributed by atoms with E-state index in [9.17, 15) is 9.59 Å². The van der Waals surface area contributed by atoms with Crippen molar-refractivity contribution in [3.8, 4) is 0 Å². The summed E-state index contributed by atoms with van der Waals surface area (Å²) in [7, 11) is 0. The third-order valence-electron chi connectivity index (χ3n) is 6.44. The molecule has 1 unspecified atom stereocenters. The van der Waals surface area contributed by atoms with Crippen molar-refractivity contribution < 1.29 is 14.3 Å². The fourth-order valence-electron chi connectivity index (χ4n) is 4.47. The second-order valence-electron chi connectivity index (χ2n) is 8.95. The molecule has 0 radical (unpaired) electrons. The molecular formula is C28H28N2O3S. The van der Waals surface area contributed by atoms with Gasteiger partial charge in [0.05, 0.1) is 23.9 Å². The van der Waals surface area contributed by atoms with Gasteiger partial charge in [0, 0.05) is 28.5 Å². The first kappa shape index (κ1) is 22.7. The van der Waals surface area contributed by atoms with E-state index in [2.05, 4.69) is 37.4 Å². The van der Waals surface area contributed by atoms with Gasteiger partial charge in [-0.3, -0.25) is 9.59 Å². The van der Waals surface area contributed by atoms with Crippen LogP contribution in [0.25, 0.3) is 0 Å². The fraction of sp³-hybridized carbons (Fsp3) is 0.286. The van der Waals surface area contributed by atoms with Crippen LogP contribution in [0.4, 0.5) is 5.69 Å². The van der Waals surface area contributed by atoms with Crippen molar-refractivity contribution in [3.05, 3.63) is 88.5 Å². The number of benzene rings is 3. The average Bonchev–Trinajstić information content (AvgIpc) is 3.33. The molecule has 1 saturated heterocycles. The van der Waals surface area contributed by atoms with Gasteiger partial charge in [-0.05, 0) is 68.1 Å². The van der Waals surface area contributed by atoms with Crippen LogP contribution in [0.1, 0.15) is 50.2 Å². The van der Waals surface area contributed by atoms with E-state index in [-0.39, 0.29) is 17.9 Å². The first-order valence-corrected chi connectivity index (χ1v) is 12.5. The highest BCUT2D eigenvalue weighted by Gasteiger charge is 2.28. The Morgan fingerprint density at radius 1 is 1.09 bits per heavy atom. The molecule has 174 valence electrons. The number of amides is 2. The second-order valence-corrected chi connectivity index (χ2v) is 10.0. The number of hydrogen-bond donors (Lipinski definition) is 1. The van der Waals surface area contributed by atoms with E-state index in [4.69, 9.17) is 4.74 Å². The standard InChI is InChI=1S/C28H28N2O3S/c1-18-9-10-19(2)21(14-18)17-30-24-15-20(27(31)29-16-22-6-5-13-33-22)11-12-26(24)34-25-8-4-3-7-23(25)28(30)32/h3-4,7-12,14-15,22H,5-6,13,16-17H2,1-2H3,(H,29,31). The van der Waals surface area contributed by atoms with Crippen LogP contribution in [-0.4, -0.2) is 31.1 Å². The average molecular weight is 473 g/mol. The molecule has 2 heterocycles. The number of ether oxygens (including phenoxy) is 1. The maximum absolute atomic E-state index is 13.8. The quantitative estimate of drug-likeness (QED) is 0.531. The zero-order chi connectivity index (χ0) is 23.7. The molecule has 34 heavy (non-hydrogen) atoms. The van der Waals surface area contributed by atoms with Gasteiger partial charge in [0.15, 0.2) is 0 Å². The Bertz CT molecular complexity index is 1250. The summed E-state index contributed by atoms with van der Waals surface area (Å²) in [5.74, 6) is -0.205. The minimum absolute atomic E-state index is 0.0559. The topological polar surface area (TPSA) is 58.6 Å². The summed E-state index contributed by atoms with van der Waals surface area (Å²) < 4.78 is 5.63. The van der Waals surface area contributed by atoms with Gasteiger partial charge in [-0.25, -0.2) is 0 Å². The van der Waals surface area contributed by atoms with Crippen LogP contribution in [0.5, 0.6) is 0 Å². The molecule has 6 heteroatoms. The van der Waals surface area contributed by atoms with E-state index in [1.54, 1.807) is 11.8 Å². The molecule has 1 fully saturated rings. The third-order valence-corrected chi connectivity index (χ3v) is 7.58. The van der Waals surface area contributed by atoms with Gasteiger partial charge in [0.2, 0.25) is 0 Å². The Labute approximate surface area is 204 Å². The predicted molar refractivity (Wildman–Crippen MR) is 135 cm³/mol. The Morgan fingerprint density at radius 2 is 1.94 bits per heavy atom. The Hall–Kier alpha value is -3.09. The van der Waals surface area contributed by atoms with Crippen LogP contribution in [0.15, 0.2) is 70.5 Å². The molecule has 2 aliphatic heterocycles. The number of aryl methyl sites for hydroxylation is 2. The van der Waals surface area contributed by atoms with Crippen molar-refractivity contribution in [2.24, 2.45) is 0 Å². The molecule has 0 saturated carbocycles. The van der Waals surface area contributed by atoms with Gasteiger partial charge >= 0.3 is 0 Å². The van der Waals surface area contributed by atoms with E-state index in [1.807, 2.05) is 47.4 Å². The van der Waals surface area contributed by atoms with E-state index >= 15 is 0 Å². The first-order chi connectivity index (χ1) is 16.5. The maximum Gasteiger partial charge on any atom is 0.259 e. The second kappa shape index (κ2) is 9.65. The van der Waals surface area contributed by atoms with Crippen LogP contribution in [0.3, 0.4) is 0 Å². The molecule has 3 aromatic carbocycles. The first-order valence-electron chi connectivity index (χ1n) is 11.7. The van der Waals surface area contributed by atoms with Gasteiger partial charge in [-0.1, -0.05) is 47.7 Å². The molecule has 1 N–H and O–H groups in total. The van der Waals surface area contributed by atoms with E-state index < -0.39 is 0 Å². The molecule has 0 spiro atoms. The van der Waals surface area contributed by atoms with E-state index in [1.165, 1.54) is 0 Å². The lowest BCUT2D eigenvalue weighted by molar-refractivity contribution is 0.0857. The molecule has 2 aliphatic rings. The molecule has 0 bridgehead atoms. The SMILES string of the molecule is Cc1ccc(C)c(CN2C(=O)c3ccccc3Sc3ccc(C(=O)NCC4CCCO4)cc32)c1. The Morgan fingerprint density at radius 3 is 2.76 bits per heavy atom. The highest BCUT2D eigenvalue weighted by Crippen LogP contribution is 2.42. The molecule has 0 aliphatic carbocycles. The molecule has 2 amide bonds. The largest absolute Gasteiger partial charge is 0.376 e. The fourth-order valence-corrected chi connectivity index (χ4v) is 5.53. The summed E-state index contributed by atoms with van der Waals surface area (Å²) in [6, 6.07) is 19.6. The summed E-state index contributed by atoms with van der Waals surface area (Å²) in [4.78, 5) is 30.4. The minimum Gasteiger partial charge on any atom is -0.376 e. The number of fused-ring (bicyclic) bond motifs is 2. The molecule has 5 nitrogen and oxygen atoms in total. The Balaban J connectivity index is 1.51. The van der Waals surface area contributed by atoms with Crippen molar-refractivity contribution in [1.29, 1.82) is 0 Å². The van der Waals surface area contributed by atoms with Gasteiger partial charge in [-0.15, -0.1) is 0 Å². The molecule has 3 aromatic rings. The number of carbonyl (C=O) groups excluding carboxylic acids is 2. The lowest BCUT2D eigenvalue weighted by Gasteiger charge is -2.25. The van der Waals surface area contributed by atoms with Crippen LogP contribution in [0.2, 0.25) is 0 Å². The summed E-state index contributed by atoms with van der Waals surface area (Å²) in [6.45, 7) is 5.82. The lowest BCUT2D eigenvalue weighted by atomic mass is 10.0. The van der Waals surface area contributed by atoms with Crippen LogP contribution >= 0.6 is 11.8 Å². The molecule has 0 aromatic heterocycles. The van der Waals surface area contributed by atoms with Crippen molar-refractivity contribution >= 4 is 29.3 Å².